The van der Waals surface area contributed by atoms with Crippen LogP contribution in [0.1, 0.15) is 18.7 Å². The molecule has 0 amide bonds. The summed E-state index contributed by atoms with van der Waals surface area (Å²) >= 11 is 3.60. The summed E-state index contributed by atoms with van der Waals surface area (Å²) in [5, 5.41) is 0. The summed E-state index contributed by atoms with van der Waals surface area (Å²) in [6.45, 7) is 2.11. The smallest absolute Gasteiger partial charge is 0.142 e. The number of hydrogen-bond acceptors (Lipinski definition) is 3. The number of aromatic nitrogens is 3. The molecule has 0 bridgehead atoms. The number of halogens is 1. The summed E-state index contributed by atoms with van der Waals surface area (Å²) in [7, 11) is 0. The number of benzene rings is 1. The lowest BCUT2D eigenvalue weighted by Gasteiger charge is -2.33. The van der Waals surface area contributed by atoms with Gasteiger partial charge in [0.05, 0.1) is 15.5 Å². The molecule has 1 aliphatic rings. The predicted molar refractivity (Wildman–Crippen MR) is 96.7 cm³/mol. The molecule has 23 heavy (non-hydrogen) atoms. The van der Waals surface area contributed by atoms with Gasteiger partial charge in [-0.1, -0.05) is 12.1 Å². The van der Waals surface area contributed by atoms with Crippen molar-refractivity contribution in [3.8, 4) is 0 Å². The largest absolute Gasteiger partial charge is 0.356 e. The van der Waals surface area contributed by atoms with E-state index in [9.17, 15) is 0 Å². The van der Waals surface area contributed by atoms with E-state index in [0.717, 1.165) is 46.7 Å². The van der Waals surface area contributed by atoms with E-state index in [1.165, 1.54) is 12.8 Å². The molecule has 0 saturated carbocycles. The molecule has 0 aliphatic carbocycles. The van der Waals surface area contributed by atoms with Crippen molar-refractivity contribution in [1.29, 1.82) is 0 Å². The first-order valence-electron chi connectivity index (χ1n) is 8.09. The van der Waals surface area contributed by atoms with Crippen molar-refractivity contribution in [2.75, 3.05) is 18.0 Å². The van der Waals surface area contributed by atoms with Crippen molar-refractivity contribution in [2.24, 2.45) is 5.92 Å². The number of imidazole rings is 1. The summed E-state index contributed by atoms with van der Waals surface area (Å²) < 4.78 is 1.08. The van der Waals surface area contributed by atoms with Crippen LogP contribution in [-0.2, 0) is 6.42 Å². The van der Waals surface area contributed by atoms with Crippen molar-refractivity contribution in [3.05, 3.63) is 52.9 Å². The third-order valence-electron chi connectivity index (χ3n) is 4.57. The van der Waals surface area contributed by atoms with Gasteiger partial charge in [0.25, 0.3) is 0 Å². The van der Waals surface area contributed by atoms with E-state index in [1.54, 1.807) is 0 Å². The van der Waals surface area contributed by atoms with Crippen LogP contribution < -0.4 is 4.90 Å². The van der Waals surface area contributed by atoms with Gasteiger partial charge in [0.2, 0.25) is 0 Å². The Morgan fingerprint density at radius 3 is 2.74 bits per heavy atom. The lowest BCUT2D eigenvalue weighted by Crippen LogP contribution is -2.35. The quantitative estimate of drug-likeness (QED) is 0.751. The van der Waals surface area contributed by atoms with Gasteiger partial charge in [0, 0.05) is 25.7 Å². The fourth-order valence-corrected chi connectivity index (χ4v) is 3.84. The van der Waals surface area contributed by atoms with Crippen LogP contribution in [0.25, 0.3) is 11.0 Å². The van der Waals surface area contributed by atoms with Crippen LogP contribution in [0.15, 0.2) is 47.1 Å². The molecule has 4 nitrogen and oxygen atoms in total. The molecule has 3 aromatic rings. The molecular formula is C18H19BrN4. The van der Waals surface area contributed by atoms with Gasteiger partial charge in [-0.3, -0.25) is 0 Å². The highest BCUT2D eigenvalue weighted by Gasteiger charge is 2.22. The Labute approximate surface area is 144 Å². The number of H-pyrrole nitrogens is 1. The molecule has 4 rings (SSSR count). The molecular weight excluding hydrogens is 352 g/mol. The molecule has 0 unspecified atom stereocenters. The van der Waals surface area contributed by atoms with Gasteiger partial charge in [-0.25, -0.2) is 9.97 Å². The van der Waals surface area contributed by atoms with Crippen LogP contribution in [0.4, 0.5) is 5.82 Å². The van der Waals surface area contributed by atoms with Gasteiger partial charge >= 0.3 is 0 Å². The van der Waals surface area contributed by atoms with Gasteiger partial charge < -0.3 is 9.88 Å². The number of nitrogens with zero attached hydrogens (tertiary/aromatic N) is 3. The maximum atomic E-state index is 4.71. The Morgan fingerprint density at radius 2 is 1.96 bits per heavy atom. The lowest BCUT2D eigenvalue weighted by molar-refractivity contribution is 0.396. The van der Waals surface area contributed by atoms with Crippen LogP contribution in [0.3, 0.4) is 0 Å². The molecule has 5 heteroatoms. The molecule has 1 N–H and O–H groups in total. The molecule has 1 fully saturated rings. The standard InChI is InChI=1S/C18H19BrN4/c19-14-4-3-9-20-18(14)23-10-7-13(8-11-23)12-17-21-15-5-1-2-6-16(15)22-17/h1-6,9,13H,7-8,10-12H2,(H,21,22). The highest BCUT2D eigenvalue weighted by atomic mass is 79.9. The maximum absolute atomic E-state index is 4.71. The van der Waals surface area contributed by atoms with Crippen molar-refractivity contribution < 1.29 is 0 Å². The first kappa shape index (κ1) is 14.7. The maximum Gasteiger partial charge on any atom is 0.142 e. The highest BCUT2D eigenvalue weighted by Crippen LogP contribution is 2.29. The highest BCUT2D eigenvalue weighted by molar-refractivity contribution is 9.10. The lowest BCUT2D eigenvalue weighted by atomic mass is 9.93. The SMILES string of the molecule is Brc1cccnc1N1CCC(Cc2nc3ccccc3[nH]2)CC1. The number of nitrogens with one attached hydrogen (secondary N) is 1. The minimum absolute atomic E-state index is 0.689. The average Bonchev–Trinajstić information content (AvgIpc) is 2.98. The molecule has 1 saturated heterocycles. The number of para-hydroxylation sites is 2. The predicted octanol–water partition coefficient (Wildman–Crippen LogP) is 4.18. The van der Waals surface area contributed by atoms with Crippen LogP contribution in [0, 0.1) is 5.92 Å². The van der Waals surface area contributed by atoms with Crippen molar-refractivity contribution in [3.63, 3.8) is 0 Å². The second kappa shape index (κ2) is 6.32. The van der Waals surface area contributed by atoms with E-state index in [1.807, 2.05) is 24.4 Å². The van der Waals surface area contributed by atoms with E-state index in [4.69, 9.17) is 4.98 Å². The van der Waals surface area contributed by atoms with E-state index < -0.39 is 0 Å². The van der Waals surface area contributed by atoms with Crippen molar-refractivity contribution >= 4 is 32.8 Å². The van der Waals surface area contributed by atoms with E-state index >= 15 is 0 Å². The number of piperidine rings is 1. The topological polar surface area (TPSA) is 44.8 Å². The minimum atomic E-state index is 0.689. The van der Waals surface area contributed by atoms with E-state index in [0.29, 0.717) is 5.92 Å². The first-order valence-corrected chi connectivity index (χ1v) is 8.88. The second-order valence-corrected chi connectivity index (χ2v) is 7.00. The summed E-state index contributed by atoms with van der Waals surface area (Å²) in [4.78, 5) is 15.0. The van der Waals surface area contributed by atoms with Crippen molar-refractivity contribution in [2.45, 2.75) is 19.3 Å². The first-order chi connectivity index (χ1) is 11.3. The molecule has 0 radical (unpaired) electrons. The van der Waals surface area contributed by atoms with Gasteiger partial charge in [-0.2, -0.15) is 0 Å². The van der Waals surface area contributed by atoms with Crippen LogP contribution in [0.2, 0.25) is 0 Å². The third kappa shape index (κ3) is 3.11. The number of pyridine rings is 1. The molecule has 1 aromatic carbocycles. The molecule has 3 heterocycles. The van der Waals surface area contributed by atoms with Gasteiger partial charge in [0.15, 0.2) is 0 Å². The zero-order chi connectivity index (χ0) is 15.6. The number of rotatable bonds is 3. The Kier molecular flexibility index (Phi) is 4.04. The van der Waals surface area contributed by atoms with Gasteiger partial charge in [0.1, 0.15) is 11.6 Å². The Hall–Kier alpha value is -1.88. The summed E-state index contributed by atoms with van der Waals surface area (Å²) in [6.07, 6.45) is 5.26. The summed E-state index contributed by atoms with van der Waals surface area (Å²) in [6, 6.07) is 12.3. The fraction of sp³-hybridized carbons (Fsp3) is 0.333. The van der Waals surface area contributed by atoms with Crippen LogP contribution >= 0.6 is 15.9 Å². The fourth-order valence-electron chi connectivity index (χ4n) is 3.33. The Morgan fingerprint density at radius 1 is 1.13 bits per heavy atom. The van der Waals surface area contributed by atoms with Crippen molar-refractivity contribution in [1.82, 2.24) is 15.0 Å². The number of anilines is 1. The minimum Gasteiger partial charge on any atom is -0.356 e. The zero-order valence-corrected chi connectivity index (χ0v) is 14.5. The molecule has 1 aliphatic heterocycles. The van der Waals surface area contributed by atoms with E-state index in [2.05, 4.69) is 49.0 Å². The molecule has 2 aromatic heterocycles. The van der Waals surface area contributed by atoms with Crippen LogP contribution in [-0.4, -0.2) is 28.0 Å². The zero-order valence-electron chi connectivity index (χ0n) is 12.9. The molecule has 0 spiro atoms. The monoisotopic (exact) mass is 370 g/mol. The van der Waals surface area contributed by atoms with Gasteiger partial charge in [-0.05, 0) is 59.0 Å². The van der Waals surface area contributed by atoms with Crippen LogP contribution in [0.5, 0.6) is 0 Å². The molecule has 118 valence electrons. The third-order valence-corrected chi connectivity index (χ3v) is 5.19. The molecule has 0 atom stereocenters. The Balaban J connectivity index is 1.41. The summed E-state index contributed by atoms with van der Waals surface area (Å²) in [5.74, 6) is 2.87. The van der Waals surface area contributed by atoms with E-state index in [-0.39, 0.29) is 0 Å². The Bertz CT molecular complexity index is 772. The second-order valence-electron chi connectivity index (χ2n) is 6.14. The van der Waals surface area contributed by atoms with Gasteiger partial charge in [-0.15, -0.1) is 0 Å². The normalized spacial score (nSPS) is 16.1. The summed E-state index contributed by atoms with van der Waals surface area (Å²) in [5.41, 5.74) is 2.20. The number of hydrogen-bond donors (Lipinski definition) is 1. The number of aromatic amines is 1. The average molecular weight is 371 g/mol. The number of fused-ring (bicyclic) bond motifs is 1.